The second-order valence-electron chi connectivity index (χ2n) is 4.68. The van der Waals surface area contributed by atoms with Crippen LogP contribution in [0, 0.1) is 0 Å². The lowest BCUT2D eigenvalue weighted by atomic mass is 10.0. The van der Waals surface area contributed by atoms with Crippen molar-refractivity contribution in [1.82, 2.24) is 4.90 Å². The summed E-state index contributed by atoms with van der Waals surface area (Å²) in [6, 6.07) is 3.38. The summed E-state index contributed by atoms with van der Waals surface area (Å²) in [5.41, 5.74) is 6.98. The third-order valence-electron chi connectivity index (χ3n) is 3.39. The first-order valence-corrected chi connectivity index (χ1v) is 7.25. The Balaban J connectivity index is 0.00000400. The molecule has 1 aromatic rings. The molecule has 0 unspecified atom stereocenters. The topological polar surface area (TPSA) is 55.6 Å². The van der Waals surface area contributed by atoms with Gasteiger partial charge in [-0.1, -0.05) is 25.4 Å². The van der Waals surface area contributed by atoms with Gasteiger partial charge in [0.1, 0.15) is 11.5 Å². The third-order valence-corrected chi connectivity index (χ3v) is 3.72. The van der Waals surface area contributed by atoms with Crippen molar-refractivity contribution in [2.45, 2.75) is 26.7 Å². The summed E-state index contributed by atoms with van der Waals surface area (Å²) < 4.78 is 5.25. The van der Waals surface area contributed by atoms with Crippen LogP contribution in [0.3, 0.4) is 0 Å². The number of rotatable bonds is 8. The standard InChI is InChI=1S/C15H23ClN2O2.ClH/c1-4-18(5-2)7-6-12(19)8-11-9-13(16)14(17)10-15(11)20-3;/h9-10H,4-8,17H2,1-3H3;1H. The van der Waals surface area contributed by atoms with E-state index < -0.39 is 0 Å². The summed E-state index contributed by atoms with van der Waals surface area (Å²) in [6.07, 6.45) is 0.858. The lowest BCUT2D eigenvalue weighted by Gasteiger charge is -2.17. The maximum absolute atomic E-state index is 12.1. The Morgan fingerprint density at radius 3 is 2.48 bits per heavy atom. The first-order valence-electron chi connectivity index (χ1n) is 6.87. The summed E-state index contributed by atoms with van der Waals surface area (Å²) in [5, 5.41) is 0.456. The average molecular weight is 335 g/mol. The summed E-state index contributed by atoms with van der Waals surface area (Å²) in [7, 11) is 1.56. The number of benzene rings is 1. The van der Waals surface area contributed by atoms with Crippen molar-refractivity contribution in [3.8, 4) is 5.75 Å². The minimum Gasteiger partial charge on any atom is -0.496 e. The van der Waals surface area contributed by atoms with Crippen molar-refractivity contribution >= 4 is 35.5 Å². The fraction of sp³-hybridized carbons (Fsp3) is 0.533. The highest BCUT2D eigenvalue weighted by Gasteiger charge is 2.12. The molecular weight excluding hydrogens is 311 g/mol. The van der Waals surface area contributed by atoms with Crippen molar-refractivity contribution in [3.05, 3.63) is 22.7 Å². The number of carbonyl (C=O) groups excluding carboxylic acids is 1. The monoisotopic (exact) mass is 334 g/mol. The van der Waals surface area contributed by atoms with Gasteiger partial charge in [0.05, 0.1) is 17.8 Å². The summed E-state index contributed by atoms with van der Waals surface area (Å²) in [4.78, 5) is 14.3. The zero-order chi connectivity index (χ0) is 15.1. The van der Waals surface area contributed by atoms with E-state index in [1.807, 2.05) is 0 Å². The predicted molar refractivity (Wildman–Crippen MR) is 90.8 cm³/mol. The van der Waals surface area contributed by atoms with Gasteiger partial charge in [-0.05, 0) is 19.2 Å². The molecule has 1 aromatic carbocycles. The number of halogens is 2. The number of nitrogen functional groups attached to an aromatic ring is 1. The highest BCUT2D eigenvalue weighted by molar-refractivity contribution is 6.33. The highest BCUT2D eigenvalue weighted by Crippen LogP contribution is 2.29. The zero-order valence-corrected chi connectivity index (χ0v) is 14.4. The molecule has 0 saturated carbocycles. The van der Waals surface area contributed by atoms with Crippen LogP contribution in [0.15, 0.2) is 12.1 Å². The Labute approximate surface area is 138 Å². The number of ketones is 1. The van der Waals surface area contributed by atoms with Crippen molar-refractivity contribution < 1.29 is 9.53 Å². The van der Waals surface area contributed by atoms with Crippen LogP contribution in [0.25, 0.3) is 0 Å². The number of Topliss-reactive ketones (excluding diaryl/α,β-unsaturated/α-hetero) is 1. The van der Waals surface area contributed by atoms with Crippen LogP contribution in [-0.2, 0) is 11.2 Å². The molecule has 0 amide bonds. The van der Waals surface area contributed by atoms with Crippen molar-refractivity contribution in [2.75, 3.05) is 32.5 Å². The Morgan fingerprint density at radius 1 is 1.33 bits per heavy atom. The fourth-order valence-corrected chi connectivity index (χ4v) is 2.25. The molecule has 0 atom stereocenters. The first-order chi connectivity index (χ1) is 9.51. The van der Waals surface area contributed by atoms with Gasteiger partial charge in [0, 0.05) is 31.0 Å². The Hall–Kier alpha value is -0.970. The molecule has 0 fully saturated rings. The molecule has 6 heteroatoms. The van der Waals surface area contributed by atoms with Gasteiger partial charge in [0.2, 0.25) is 0 Å². The smallest absolute Gasteiger partial charge is 0.138 e. The van der Waals surface area contributed by atoms with E-state index >= 15 is 0 Å². The van der Waals surface area contributed by atoms with Gasteiger partial charge in [-0.25, -0.2) is 0 Å². The lowest BCUT2D eigenvalue weighted by molar-refractivity contribution is -0.118. The third kappa shape index (κ3) is 6.12. The van der Waals surface area contributed by atoms with Crippen LogP contribution in [-0.4, -0.2) is 37.4 Å². The fourth-order valence-electron chi connectivity index (χ4n) is 2.06. The van der Waals surface area contributed by atoms with Crippen molar-refractivity contribution in [3.63, 3.8) is 0 Å². The van der Waals surface area contributed by atoms with Gasteiger partial charge in [-0.2, -0.15) is 0 Å². The number of anilines is 1. The lowest BCUT2D eigenvalue weighted by Crippen LogP contribution is -2.26. The van der Waals surface area contributed by atoms with Gasteiger partial charge >= 0.3 is 0 Å². The van der Waals surface area contributed by atoms with Gasteiger partial charge < -0.3 is 15.4 Å². The van der Waals surface area contributed by atoms with E-state index in [4.69, 9.17) is 22.1 Å². The molecule has 0 aliphatic carbocycles. The maximum Gasteiger partial charge on any atom is 0.138 e. The van der Waals surface area contributed by atoms with Crippen LogP contribution in [0.5, 0.6) is 5.75 Å². The molecule has 120 valence electrons. The summed E-state index contributed by atoms with van der Waals surface area (Å²) >= 11 is 6.00. The second-order valence-corrected chi connectivity index (χ2v) is 5.09. The zero-order valence-electron chi connectivity index (χ0n) is 12.8. The van der Waals surface area contributed by atoms with E-state index in [1.165, 1.54) is 0 Å². The molecule has 0 spiro atoms. The summed E-state index contributed by atoms with van der Waals surface area (Å²) in [5.74, 6) is 0.791. The Morgan fingerprint density at radius 2 is 1.95 bits per heavy atom. The molecule has 0 heterocycles. The number of hydrogen-bond acceptors (Lipinski definition) is 4. The SMILES string of the molecule is CCN(CC)CCC(=O)Cc1cc(Cl)c(N)cc1OC.Cl. The minimum atomic E-state index is 0. The number of nitrogens with two attached hydrogens (primary N) is 1. The average Bonchev–Trinajstić information content (AvgIpc) is 2.43. The number of carbonyl (C=O) groups is 1. The second kappa shape index (κ2) is 9.87. The summed E-state index contributed by atoms with van der Waals surface area (Å²) in [6.45, 7) is 6.89. The van der Waals surface area contributed by atoms with E-state index in [-0.39, 0.29) is 18.2 Å². The highest BCUT2D eigenvalue weighted by atomic mass is 35.5. The quantitative estimate of drug-likeness (QED) is 0.741. The van der Waals surface area contributed by atoms with Crippen LogP contribution >= 0.6 is 24.0 Å². The molecule has 0 aliphatic rings. The van der Waals surface area contributed by atoms with Crippen LogP contribution in [0.2, 0.25) is 5.02 Å². The number of hydrogen-bond donors (Lipinski definition) is 1. The number of ether oxygens (including phenoxy) is 1. The minimum absolute atomic E-state index is 0. The molecule has 4 nitrogen and oxygen atoms in total. The molecule has 0 saturated heterocycles. The number of methoxy groups -OCH3 is 1. The number of nitrogens with zero attached hydrogens (tertiary/aromatic N) is 1. The van der Waals surface area contributed by atoms with Gasteiger partial charge in [0.15, 0.2) is 0 Å². The van der Waals surface area contributed by atoms with Crippen LogP contribution in [0.4, 0.5) is 5.69 Å². The molecule has 1 rings (SSSR count). The van der Waals surface area contributed by atoms with Crippen molar-refractivity contribution in [1.29, 1.82) is 0 Å². The molecule has 21 heavy (non-hydrogen) atoms. The normalized spacial score (nSPS) is 10.3. The molecule has 2 N–H and O–H groups in total. The van der Waals surface area contributed by atoms with Gasteiger partial charge in [0.25, 0.3) is 0 Å². The van der Waals surface area contributed by atoms with E-state index in [0.717, 1.165) is 25.2 Å². The van der Waals surface area contributed by atoms with E-state index in [1.54, 1.807) is 19.2 Å². The molecule has 0 aromatic heterocycles. The predicted octanol–water partition coefficient (Wildman–Crippen LogP) is 3.20. The Bertz CT molecular complexity index is 463. The Kier molecular flexibility index (Phi) is 9.42. The first kappa shape index (κ1) is 20.0. The van der Waals surface area contributed by atoms with E-state index in [9.17, 15) is 4.79 Å². The van der Waals surface area contributed by atoms with Crippen molar-refractivity contribution in [2.24, 2.45) is 0 Å². The molecule has 0 bridgehead atoms. The van der Waals surface area contributed by atoms with Crippen LogP contribution < -0.4 is 10.5 Å². The molecule has 0 radical (unpaired) electrons. The van der Waals surface area contributed by atoms with Gasteiger partial charge in [-0.15, -0.1) is 12.4 Å². The van der Waals surface area contributed by atoms with E-state index in [2.05, 4.69) is 18.7 Å². The van der Waals surface area contributed by atoms with Gasteiger partial charge in [-0.3, -0.25) is 4.79 Å². The van der Waals surface area contributed by atoms with Crippen LogP contribution in [0.1, 0.15) is 25.8 Å². The molecule has 0 aliphatic heterocycles. The maximum atomic E-state index is 12.1. The largest absolute Gasteiger partial charge is 0.496 e. The van der Waals surface area contributed by atoms with E-state index in [0.29, 0.717) is 29.3 Å². The molecular formula is C15H24Cl2N2O2.